The van der Waals surface area contributed by atoms with Crippen LogP contribution in [-0.4, -0.2) is 56.2 Å². The van der Waals surface area contributed by atoms with Crippen LogP contribution >= 0.6 is 0 Å². The average molecular weight is 281 g/mol. The summed E-state index contributed by atoms with van der Waals surface area (Å²) in [6, 6.07) is -1.17. The fourth-order valence-corrected chi connectivity index (χ4v) is 1.39. The first kappa shape index (κ1) is 16.9. The first-order valence-electron chi connectivity index (χ1n) is 5.26. The van der Waals surface area contributed by atoms with E-state index in [9.17, 15) is 18.0 Å². The number of hydrogen-bond acceptors (Lipinski definition) is 5. The maximum absolute atomic E-state index is 11.8. The van der Waals surface area contributed by atoms with Crippen LogP contribution in [0.4, 0.5) is 0 Å². The lowest BCUT2D eigenvalue weighted by molar-refractivity contribution is -0.142. The number of methoxy groups -OCH3 is 1. The molecular weight excluding hydrogens is 262 g/mol. The Hall–Kier alpha value is -1.15. The number of hydrogen-bond donors (Lipinski definition) is 2. The van der Waals surface area contributed by atoms with Gasteiger partial charge in [0.25, 0.3) is 0 Å². The van der Waals surface area contributed by atoms with E-state index in [1.54, 1.807) is 0 Å². The zero-order chi connectivity index (χ0) is 14.6. The summed E-state index contributed by atoms with van der Waals surface area (Å²) in [6.07, 6.45) is 0.995. The van der Waals surface area contributed by atoms with Crippen molar-refractivity contribution in [1.82, 2.24) is 5.32 Å². The van der Waals surface area contributed by atoms with Crippen LogP contribution in [0, 0.1) is 0 Å². The lowest BCUT2D eigenvalue weighted by atomic mass is 10.1. The molecule has 0 rings (SSSR count). The van der Waals surface area contributed by atoms with Crippen LogP contribution in [0.15, 0.2) is 0 Å². The Morgan fingerprint density at radius 1 is 1.39 bits per heavy atom. The molecule has 0 aliphatic rings. The number of carboxylic acids is 1. The minimum absolute atomic E-state index is 0.0669. The molecule has 18 heavy (non-hydrogen) atoms. The molecule has 0 aromatic heterocycles. The van der Waals surface area contributed by atoms with E-state index in [0.29, 0.717) is 0 Å². The van der Waals surface area contributed by atoms with Gasteiger partial charge in [0.2, 0.25) is 5.91 Å². The van der Waals surface area contributed by atoms with Gasteiger partial charge in [-0.25, -0.2) is 13.2 Å². The zero-order valence-corrected chi connectivity index (χ0v) is 11.7. The summed E-state index contributed by atoms with van der Waals surface area (Å²) < 4.78 is 25.9. The predicted octanol–water partition coefficient (Wildman–Crippen LogP) is -0.584. The number of amides is 1. The van der Waals surface area contributed by atoms with Gasteiger partial charge in [-0.1, -0.05) is 0 Å². The molecule has 0 fully saturated rings. The average Bonchev–Trinajstić information content (AvgIpc) is 2.21. The number of carbonyl (C=O) groups excluding carboxylic acids is 1. The van der Waals surface area contributed by atoms with Gasteiger partial charge < -0.3 is 15.2 Å². The Kier molecular flexibility index (Phi) is 5.75. The number of carbonyl (C=O) groups is 2. The van der Waals surface area contributed by atoms with E-state index in [2.05, 4.69) is 5.32 Å². The van der Waals surface area contributed by atoms with Crippen molar-refractivity contribution in [2.24, 2.45) is 0 Å². The van der Waals surface area contributed by atoms with Crippen LogP contribution < -0.4 is 5.32 Å². The molecule has 0 aliphatic carbocycles. The van der Waals surface area contributed by atoms with Crippen molar-refractivity contribution in [2.45, 2.75) is 31.1 Å². The van der Waals surface area contributed by atoms with Crippen molar-refractivity contribution >= 4 is 21.7 Å². The molecule has 1 atom stereocenters. The van der Waals surface area contributed by atoms with Gasteiger partial charge in [-0.3, -0.25) is 4.79 Å². The van der Waals surface area contributed by atoms with Gasteiger partial charge in [-0.05, 0) is 13.8 Å². The molecule has 106 valence electrons. The van der Waals surface area contributed by atoms with E-state index in [1.807, 2.05) is 0 Å². The topological polar surface area (TPSA) is 110 Å². The molecular formula is C10H19NO6S. The molecule has 0 aliphatic heterocycles. The Bertz CT molecular complexity index is 414. The standard InChI is InChI=1S/C10H19NO6S/c1-10(2,18(4,15)16)9(14)11-7(8(12)13)5-6-17-3/h7H,5-6H2,1-4H3,(H,11,14)(H,12,13). The minimum Gasteiger partial charge on any atom is -0.480 e. The molecule has 8 heteroatoms. The van der Waals surface area contributed by atoms with Crippen LogP contribution in [0.2, 0.25) is 0 Å². The first-order chi connectivity index (χ1) is 8.04. The summed E-state index contributed by atoms with van der Waals surface area (Å²) in [5.74, 6) is -2.07. The highest BCUT2D eigenvalue weighted by Gasteiger charge is 2.40. The highest BCUT2D eigenvalue weighted by Crippen LogP contribution is 2.15. The second-order valence-corrected chi connectivity index (χ2v) is 6.99. The lowest BCUT2D eigenvalue weighted by Gasteiger charge is -2.24. The van der Waals surface area contributed by atoms with Gasteiger partial charge in [0.05, 0.1) is 0 Å². The fraction of sp³-hybridized carbons (Fsp3) is 0.800. The highest BCUT2D eigenvalue weighted by molar-refractivity contribution is 7.92. The number of rotatable bonds is 7. The third-order valence-corrected chi connectivity index (χ3v) is 4.73. The molecule has 0 saturated carbocycles. The highest BCUT2D eigenvalue weighted by atomic mass is 32.2. The number of ether oxygens (including phenoxy) is 1. The lowest BCUT2D eigenvalue weighted by Crippen LogP contribution is -2.53. The Labute approximate surface area is 106 Å². The van der Waals surface area contributed by atoms with Crippen LogP contribution in [0.5, 0.6) is 0 Å². The second-order valence-electron chi connectivity index (χ2n) is 4.43. The maximum Gasteiger partial charge on any atom is 0.326 e. The number of nitrogens with one attached hydrogen (secondary N) is 1. The van der Waals surface area contributed by atoms with Gasteiger partial charge >= 0.3 is 5.97 Å². The first-order valence-corrected chi connectivity index (χ1v) is 7.15. The van der Waals surface area contributed by atoms with E-state index in [-0.39, 0.29) is 13.0 Å². The van der Waals surface area contributed by atoms with E-state index in [0.717, 1.165) is 6.26 Å². The van der Waals surface area contributed by atoms with Crippen LogP contribution in [0.3, 0.4) is 0 Å². The predicted molar refractivity (Wildman–Crippen MR) is 65.0 cm³/mol. The molecule has 0 spiro atoms. The molecule has 7 nitrogen and oxygen atoms in total. The van der Waals surface area contributed by atoms with Gasteiger partial charge in [-0.2, -0.15) is 0 Å². The largest absolute Gasteiger partial charge is 0.480 e. The normalized spacial score (nSPS) is 14.0. The Morgan fingerprint density at radius 3 is 2.22 bits per heavy atom. The van der Waals surface area contributed by atoms with Crippen LogP contribution in [-0.2, 0) is 24.2 Å². The van der Waals surface area contributed by atoms with Gasteiger partial charge in [0.15, 0.2) is 9.84 Å². The smallest absolute Gasteiger partial charge is 0.326 e. The summed E-state index contributed by atoms with van der Waals surface area (Å²) in [6.45, 7) is 2.61. The molecule has 2 N–H and O–H groups in total. The third-order valence-electron chi connectivity index (χ3n) is 2.69. The van der Waals surface area contributed by atoms with E-state index in [1.165, 1.54) is 21.0 Å². The zero-order valence-electron chi connectivity index (χ0n) is 10.9. The molecule has 1 unspecified atom stereocenters. The molecule has 1 amide bonds. The summed E-state index contributed by atoms with van der Waals surface area (Å²) in [5, 5.41) is 11.1. The van der Waals surface area contributed by atoms with Crippen molar-refractivity contribution in [1.29, 1.82) is 0 Å². The maximum atomic E-state index is 11.8. The van der Waals surface area contributed by atoms with Crippen molar-refractivity contribution in [3.05, 3.63) is 0 Å². The fourth-order valence-electron chi connectivity index (χ4n) is 0.994. The van der Waals surface area contributed by atoms with Crippen LogP contribution in [0.25, 0.3) is 0 Å². The molecule has 0 bridgehead atoms. The SMILES string of the molecule is COCCC(NC(=O)C(C)(C)S(C)(=O)=O)C(=O)O. The number of carboxylic acid groups (broad SMARTS) is 1. The van der Waals surface area contributed by atoms with Crippen molar-refractivity contribution < 1.29 is 27.9 Å². The minimum atomic E-state index is -3.63. The number of aliphatic carboxylic acids is 1. The Balaban J connectivity index is 4.86. The monoisotopic (exact) mass is 281 g/mol. The molecule has 0 aromatic rings. The summed E-state index contributed by atoms with van der Waals surface area (Å²) in [4.78, 5) is 22.7. The quantitative estimate of drug-likeness (QED) is 0.646. The van der Waals surface area contributed by atoms with Crippen molar-refractivity contribution in [3.8, 4) is 0 Å². The van der Waals surface area contributed by atoms with Gasteiger partial charge in [-0.15, -0.1) is 0 Å². The third kappa shape index (κ3) is 4.26. The molecule has 0 radical (unpaired) electrons. The van der Waals surface area contributed by atoms with E-state index < -0.39 is 32.5 Å². The van der Waals surface area contributed by atoms with Gasteiger partial charge in [0, 0.05) is 26.4 Å². The summed E-state index contributed by atoms with van der Waals surface area (Å²) >= 11 is 0. The molecule has 0 saturated heterocycles. The molecule has 0 heterocycles. The van der Waals surface area contributed by atoms with E-state index in [4.69, 9.17) is 9.84 Å². The Morgan fingerprint density at radius 2 is 1.89 bits per heavy atom. The summed E-state index contributed by atoms with van der Waals surface area (Å²) in [7, 11) is -2.23. The van der Waals surface area contributed by atoms with E-state index >= 15 is 0 Å². The van der Waals surface area contributed by atoms with Gasteiger partial charge in [0.1, 0.15) is 10.8 Å². The number of sulfone groups is 1. The van der Waals surface area contributed by atoms with Crippen molar-refractivity contribution in [3.63, 3.8) is 0 Å². The second kappa shape index (κ2) is 6.14. The molecule has 0 aromatic carbocycles. The van der Waals surface area contributed by atoms with Crippen LogP contribution in [0.1, 0.15) is 20.3 Å². The van der Waals surface area contributed by atoms with Crippen molar-refractivity contribution in [2.75, 3.05) is 20.0 Å². The summed E-state index contributed by atoms with van der Waals surface area (Å²) in [5.41, 5.74) is 0.